The zero-order valence-corrected chi connectivity index (χ0v) is 23.9. The van der Waals surface area contributed by atoms with Crippen molar-refractivity contribution in [1.29, 1.82) is 0 Å². The van der Waals surface area contributed by atoms with Gasteiger partial charge in [0.05, 0.1) is 0 Å². The minimum Gasteiger partial charge on any atom is -0.456 e. The average molecular weight is 569 g/mol. The lowest BCUT2D eigenvalue weighted by molar-refractivity contribution is 0.668. The molecule has 3 aromatic heterocycles. The molecule has 3 nitrogen and oxygen atoms in total. The fourth-order valence-electron chi connectivity index (χ4n) is 6.31. The van der Waals surface area contributed by atoms with Crippen LogP contribution in [0.1, 0.15) is 0 Å². The van der Waals surface area contributed by atoms with Crippen LogP contribution in [0.3, 0.4) is 0 Å². The van der Waals surface area contributed by atoms with Gasteiger partial charge in [0.1, 0.15) is 11.2 Å². The molecule has 9 aromatic rings. The van der Waals surface area contributed by atoms with Gasteiger partial charge in [0.2, 0.25) is 0 Å². The van der Waals surface area contributed by atoms with Crippen LogP contribution < -0.4 is 4.90 Å². The van der Waals surface area contributed by atoms with E-state index in [1.54, 1.807) is 6.20 Å². The van der Waals surface area contributed by atoms with Gasteiger partial charge in [-0.3, -0.25) is 4.98 Å². The highest BCUT2D eigenvalue weighted by atomic mass is 32.1. The van der Waals surface area contributed by atoms with Gasteiger partial charge in [-0.25, -0.2) is 0 Å². The van der Waals surface area contributed by atoms with Crippen LogP contribution in [0.25, 0.3) is 64.0 Å². The molecular formula is C39H24N2OS. The number of hydrogen-bond donors (Lipinski definition) is 0. The molecule has 0 saturated heterocycles. The van der Waals surface area contributed by atoms with Crippen LogP contribution in [-0.4, -0.2) is 4.98 Å². The molecule has 0 bridgehead atoms. The lowest BCUT2D eigenvalue weighted by atomic mass is 10.0. The second kappa shape index (κ2) is 9.55. The summed E-state index contributed by atoms with van der Waals surface area (Å²) in [6, 6.07) is 47.8. The first-order valence-electron chi connectivity index (χ1n) is 14.4. The molecule has 0 spiro atoms. The molecule has 0 aliphatic heterocycles. The molecule has 9 rings (SSSR count). The van der Waals surface area contributed by atoms with Crippen LogP contribution >= 0.6 is 11.3 Å². The Morgan fingerprint density at radius 2 is 1.26 bits per heavy atom. The van der Waals surface area contributed by atoms with Crippen LogP contribution in [-0.2, 0) is 0 Å². The quantitative estimate of drug-likeness (QED) is 0.211. The molecule has 0 aliphatic rings. The van der Waals surface area contributed by atoms with Crippen molar-refractivity contribution >= 4 is 81.3 Å². The Kier molecular flexibility index (Phi) is 5.37. The molecule has 0 saturated carbocycles. The number of thiophene rings is 1. The highest BCUT2D eigenvalue weighted by Crippen LogP contribution is 2.42. The third-order valence-electron chi connectivity index (χ3n) is 8.34. The van der Waals surface area contributed by atoms with E-state index in [9.17, 15) is 0 Å². The van der Waals surface area contributed by atoms with Crippen molar-refractivity contribution in [2.45, 2.75) is 0 Å². The Bertz CT molecular complexity index is 2460. The fraction of sp³-hybridized carbons (Fsp3) is 0. The summed E-state index contributed by atoms with van der Waals surface area (Å²) in [7, 11) is 0. The molecule has 0 aliphatic carbocycles. The third kappa shape index (κ3) is 3.92. The number of fused-ring (bicyclic) bond motifs is 8. The van der Waals surface area contributed by atoms with E-state index in [2.05, 4.69) is 137 Å². The van der Waals surface area contributed by atoms with E-state index in [-0.39, 0.29) is 0 Å². The van der Waals surface area contributed by atoms with Crippen LogP contribution in [0.5, 0.6) is 0 Å². The van der Waals surface area contributed by atoms with Crippen molar-refractivity contribution in [1.82, 2.24) is 4.98 Å². The summed E-state index contributed by atoms with van der Waals surface area (Å²) in [4.78, 5) is 6.73. The number of nitrogens with zero attached hydrogens (tertiary/aromatic N) is 2. The van der Waals surface area contributed by atoms with Crippen LogP contribution in [0.15, 0.2) is 150 Å². The van der Waals surface area contributed by atoms with E-state index >= 15 is 0 Å². The molecule has 4 heteroatoms. The topological polar surface area (TPSA) is 29.3 Å². The molecule has 0 N–H and O–H groups in total. The first kappa shape index (κ1) is 24.2. The van der Waals surface area contributed by atoms with Gasteiger partial charge in [-0.1, -0.05) is 72.8 Å². The lowest BCUT2D eigenvalue weighted by Crippen LogP contribution is -2.09. The van der Waals surface area contributed by atoms with E-state index < -0.39 is 0 Å². The molecule has 0 radical (unpaired) electrons. The Morgan fingerprint density at radius 1 is 0.512 bits per heavy atom. The van der Waals surface area contributed by atoms with Gasteiger partial charge >= 0.3 is 0 Å². The third-order valence-corrected chi connectivity index (χ3v) is 9.50. The zero-order valence-electron chi connectivity index (χ0n) is 23.1. The van der Waals surface area contributed by atoms with Crippen molar-refractivity contribution in [2.24, 2.45) is 0 Å². The maximum atomic E-state index is 6.14. The summed E-state index contributed by atoms with van der Waals surface area (Å²) >= 11 is 1.85. The van der Waals surface area contributed by atoms with E-state index in [0.29, 0.717) is 0 Å². The van der Waals surface area contributed by atoms with Gasteiger partial charge in [0, 0.05) is 60.4 Å². The van der Waals surface area contributed by atoms with E-state index in [1.165, 1.54) is 31.3 Å². The maximum absolute atomic E-state index is 6.14. The normalized spacial score (nSPS) is 11.7. The van der Waals surface area contributed by atoms with Gasteiger partial charge in [-0.15, -0.1) is 11.3 Å². The number of pyridine rings is 1. The van der Waals surface area contributed by atoms with E-state index in [0.717, 1.165) is 49.8 Å². The van der Waals surface area contributed by atoms with Crippen LogP contribution in [0.2, 0.25) is 0 Å². The van der Waals surface area contributed by atoms with E-state index in [1.807, 2.05) is 23.6 Å². The van der Waals surface area contributed by atoms with Gasteiger partial charge in [-0.05, 0) is 82.6 Å². The molecule has 0 amide bonds. The molecule has 0 fully saturated rings. The monoisotopic (exact) mass is 568 g/mol. The van der Waals surface area contributed by atoms with E-state index in [4.69, 9.17) is 4.42 Å². The summed E-state index contributed by atoms with van der Waals surface area (Å²) in [5.41, 5.74) is 7.49. The molecule has 3 heterocycles. The lowest BCUT2D eigenvalue weighted by Gasteiger charge is -2.26. The van der Waals surface area contributed by atoms with Crippen molar-refractivity contribution in [2.75, 3.05) is 4.90 Å². The first-order valence-corrected chi connectivity index (χ1v) is 15.2. The summed E-state index contributed by atoms with van der Waals surface area (Å²) in [5.74, 6) is 0. The fourth-order valence-corrected chi connectivity index (χ4v) is 7.40. The summed E-state index contributed by atoms with van der Waals surface area (Å²) in [5, 5.41) is 7.04. The predicted octanol–water partition coefficient (Wildman–Crippen LogP) is 11.6. The summed E-state index contributed by atoms with van der Waals surface area (Å²) in [6.07, 6.45) is 3.68. The van der Waals surface area contributed by atoms with Gasteiger partial charge in [0.25, 0.3) is 0 Å². The molecule has 0 atom stereocenters. The van der Waals surface area contributed by atoms with Crippen molar-refractivity contribution in [3.63, 3.8) is 0 Å². The number of anilines is 3. The number of rotatable bonds is 4. The molecule has 0 unspecified atom stereocenters. The highest BCUT2D eigenvalue weighted by Gasteiger charge is 2.17. The smallest absolute Gasteiger partial charge is 0.138 e. The SMILES string of the molecule is c1ccc(-c2ccc(N(c3ccc4c(ccc5oc6ccncc6c54)c3)c3ccc4sc5ccccc5c4c3)cc2)cc1. The molecule has 43 heavy (non-hydrogen) atoms. The number of furan rings is 1. The molecular weight excluding hydrogens is 545 g/mol. The second-order valence-electron chi connectivity index (χ2n) is 10.8. The Morgan fingerprint density at radius 3 is 2.16 bits per heavy atom. The standard InChI is InChI=1S/C39H24N2OS/c1-2-6-25(7-3-1)26-10-13-28(14-11-26)41(30-16-19-38-33(23-30)32-8-4-5-9-37(32)43-38)29-15-17-31-27(22-29)12-18-36-39(31)34-24-40-21-20-35(34)42-36/h1-24H. The molecule has 202 valence electrons. The van der Waals surface area contributed by atoms with Crippen LogP contribution in [0, 0.1) is 0 Å². The van der Waals surface area contributed by atoms with Gasteiger partial charge in [-0.2, -0.15) is 0 Å². The highest BCUT2D eigenvalue weighted by molar-refractivity contribution is 7.25. The first-order chi connectivity index (χ1) is 21.3. The average Bonchev–Trinajstić information content (AvgIpc) is 3.64. The van der Waals surface area contributed by atoms with Crippen molar-refractivity contribution in [3.05, 3.63) is 146 Å². The largest absolute Gasteiger partial charge is 0.456 e. The van der Waals surface area contributed by atoms with Crippen LogP contribution in [0.4, 0.5) is 17.1 Å². The Balaban J connectivity index is 1.24. The minimum atomic E-state index is 0.859. The van der Waals surface area contributed by atoms with Gasteiger partial charge in [0.15, 0.2) is 0 Å². The predicted molar refractivity (Wildman–Crippen MR) is 182 cm³/mol. The van der Waals surface area contributed by atoms with Crippen molar-refractivity contribution < 1.29 is 4.42 Å². The molecule has 6 aromatic carbocycles. The zero-order chi connectivity index (χ0) is 28.3. The van der Waals surface area contributed by atoms with Gasteiger partial charge < -0.3 is 9.32 Å². The van der Waals surface area contributed by atoms with Crippen molar-refractivity contribution in [3.8, 4) is 11.1 Å². The second-order valence-corrected chi connectivity index (χ2v) is 11.9. The summed E-state index contributed by atoms with van der Waals surface area (Å²) in [6.45, 7) is 0. The number of aromatic nitrogens is 1. The number of benzene rings is 6. The Hall–Kier alpha value is -5.45. The minimum absolute atomic E-state index is 0.859. The summed E-state index contributed by atoms with van der Waals surface area (Å²) < 4.78 is 8.75. The number of hydrogen-bond acceptors (Lipinski definition) is 4. The maximum Gasteiger partial charge on any atom is 0.138 e. The Labute approximate surface area is 251 Å².